The lowest BCUT2D eigenvalue weighted by Crippen LogP contribution is -2.36. The van der Waals surface area contributed by atoms with Gasteiger partial charge in [-0.1, -0.05) is 12.2 Å². The first-order chi connectivity index (χ1) is 7.11. The molecule has 84 valence electrons. The summed E-state index contributed by atoms with van der Waals surface area (Å²) in [5.74, 6) is -0.454. The molecular weight excluding hydrogens is 192 g/mol. The van der Waals surface area contributed by atoms with E-state index in [9.17, 15) is 9.59 Å². The third-order valence-corrected chi connectivity index (χ3v) is 2.75. The zero-order chi connectivity index (χ0) is 11.3. The maximum absolute atomic E-state index is 11.9. The Morgan fingerprint density at radius 3 is 2.93 bits per heavy atom. The number of rotatable bonds is 2. The van der Waals surface area contributed by atoms with Crippen LogP contribution in [0, 0.1) is 5.41 Å². The molecule has 0 aromatic heterocycles. The third-order valence-electron chi connectivity index (χ3n) is 2.75. The molecule has 15 heavy (non-hydrogen) atoms. The largest absolute Gasteiger partial charge is 0.465 e. The summed E-state index contributed by atoms with van der Waals surface area (Å²) >= 11 is 0. The van der Waals surface area contributed by atoms with Crippen LogP contribution >= 0.6 is 0 Å². The first kappa shape index (κ1) is 12.0. The van der Waals surface area contributed by atoms with Gasteiger partial charge in [-0.15, -0.1) is 0 Å². The Morgan fingerprint density at radius 1 is 1.53 bits per heavy atom. The molecule has 0 heterocycles. The van der Waals surface area contributed by atoms with Crippen molar-refractivity contribution in [3.05, 3.63) is 12.2 Å². The second-order valence-electron chi connectivity index (χ2n) is 3.99. The highest BCUT2D eigenvalue weighted by atomic mass is 16.5. The summed E-state index contributed by atoms with van der Waals surface area (Å²) in [7, 11) is 0. The molecule has 1 atom stereocenters. The SMILES string of the molecule is CCOC(=O)C1(C)C=CCCCCC1=O. The van der Waals surface area contributed by atoms with Crippen LogP contribution in [0.15, 0.2) is 12.2 Å². The van der Waals surface area contributed by atoms with E-state index >= 15 is 0 Å². The van der Waals surface area contributed by atoms with Crippen molar-refractivity contribution in [3.63, 3.8) is 0 Å². The monoisotopic (exact) mass is 210 g/mol. The van der Waals surface area contributed by atoms with E-state index in [-0.39, 0.29) is 5.78 Å². The van der Waals surface area contributed by atoms with Gasteiger partial charge in [-0.05, 0) is 33.1 Å². The van der Waals surface area contributed by atoms with Crippen molar-refractivity contribution in [2.75, 3.05) is 6.61 Å². The van der Waals surface area contributed by atoms with E-state index in [2.05, 4.69) is 0 Å². The topological polar surface area (TPSA) is 43.4 Å². The van der Waals surface area contributed by atoms with Crippen LogP contribution in [0.1, 0.15) is 39.5 Å². The highest BCUT2D eigenvalue weighted by Crippen LogP contribution is 2.27. The summed E-state index contributed by atoms with van der Waals surface area (Å²) in [5.41, 5.74) is -1.06. The van der Waals surface area contributed by atoms with Crippen molar-refractivity contribution in [1.29, 1.82) is 0 Å². The molecule has 1 aliphatic rings. The maximum Gasteiger partial charge on any atom is 0.323 e. The minimum absolute atomic E-state index is 0.0306. The van der Waals surface area contributed by atoms with Crippen molar-refractivity contribution >= 4 is 11.8 Å². The van der Waals surface area contributed by atoms with Gasteiger partial charge in [0.15, 0.2) is 5.78 Å². The Hall–Kier alpha value is -1.12. The Kier molecular flexibility index (Phi) is 4.06. The van der Waals surface area contributed by atoms with E-state index in [1.165, 1.54) is 0 Å². The van der Waals surface area contributed by atoms with Crippen LogP contribution in [0.25, 0.3) is 0 Å². The van der Waals surface area contributed by atoms with Crippen molar-refractivity contribution in [3.8, 4) is 0 Å². The number of ketones is 1. The smallest absolute Gasteiger partial charge is 0.323 e. The zero-order valence-corrected chi connectivity index (χ0v) is 9.41. The van der Waals surface area contributed by atoms with Crippen molar-refractivity contribution in [2.45, 2.75) is 39.5 Å². The van der Waals surface area contributed by atoms with Crippen LogP contribution in [0.2, 0.25) is 0 Å². The number of esters is 1. The molecule has 0 saturated heterocycles. The van der Waals surface area contributed by atoms with Gasteiger partial charge in [-0.3, -0.25) is 9.59 Å². The van der Waals surface area contributed by atoms with Crippen LogP contribution < -0.4 is 0 Å². The fourth-order valence-electron chi connectivity index (χ4n) is 1.68. The summed E-state index contributed by atoms with van der Waals surface area (Å²) in [5, 5.41) is 0. The number of allylic oxidation sites excluding steroid dienone is 1. The highest BCUT2D eigenvalue weighted by Gasteiger charge is 2.39. The first-order valence-corrected chi connectivity index (χ1v) is 5.49. The van der Waals surface area contributed by atoms with Crippen LogP contribution in [0.3, 0.4) is 0 Å². The Bertz CT molecular complexity index is 281. The van der Waals surface area contributed by atoms with Gasteiger partial charge in [0, 0.05) is 6.42 Å². The summed E-state index contributed by atoms with van der Waals surface area (Å²) in [6.45, 7) is 3.71. The van der Waals surface area contributed by atoms with E-state index in [0.29, 0.717) is 13.0 Å². The van der Waals surface area contributed by atoms with Crippen molar-refractivity contribution in [2.24, 2.45) is 5.41 Å². The molecular formula is C12H18O3. The lowest BCUT2D eigenvalue weighted by atomic mass is 9.81. The number of ether oxygens (including phenoxy) is 1. The van der Waals surface area contributed by atoms with Gasteiger partial charge in [0.05, 0.1) is 6.61 Å². The molecule has 1 rings (SSSR count). The van der Waals surface area contributed by atoms with Crippen molar-refractivity contribution in [1.82, 2.24) is 0 Å². The predicted octanol–water partition coefficient (Wildman–Crippen LogP) is 2.26. The normalized spacial score (nSPS) is 26.9. The minimum Gasteiger partial charge on any atom is -0.465 e. The summed E-state index contributed by atoms with van der Waals surface area (Å²) in [6.07, 6.45) is 6.89. The van der Waals surface area contributed by atoms with Gasteiger partial charge in [-0.2, -0.15) is 0 Å². The number of hydrogen-bond acceptors (Lipinski definition) is 3. The molecule has 0 aromatic rings. The molecule has 0 fully saturated rings. The van der Waals surface area contributed by atoms with Crippen LogP contribution in [-0.4, -0.2) is 18.4 Å². The summed E-state index contributed by atoms with van der Waals surface area (Å²) in [6, 6.07) is 0. The average Bonchev–Trinajstić information content (AvgIpc) is 2.20. The van der Waals surface area contributed by atoms with E-state index < -0.39 is 11.4 Å². The fraction of sp³-hybridized carbons (Fsp3) is 0.667. The molecule has 0 aliphatic heterocycles. The molecule has 0 saturated carbocycles. The minimum atomic E-state index is -1.06. The molecule has 0 bridgehead atoms. The maximum atomic E-state index is 11.9. The molecule has 1 aliphatic carbocycles. The fourth-order valence-corrected chi connectivity index (χ4v) is 1.68. The molecule has 3 nitrogen and oxygen atoms in total. The number of carbonyl (C=O) groups is 2. The van der Waals surface area contributed by atoms with Crippen LogP contribution in [-0.2, 0) is 14.3 Å². The average molecular weight is 210 g/mol. The van der Waals surface area contributed by atoms with E-state index in [1.807, 2.05) is 6.08 Å². The Labute approximate surface area is 90.5 Å². The number of Topliss-reactive ketones (excluding diaryl/α,β-unsaturated/α-hetero) is 1. The second kappa shape index (κ2) is 5.10. The molecule has 0 spiro atoms. The number of carbonyl (C=O) groups excluding carboxylic acids is 2. The standard InChI is InChI=1S/C12H18O3/c1-3-15-11(14)12(2)9-7-5-4-6-8-10(12)13/h7,9H,3-6,8H2,1-2H3. The molecule has 0 amide bonds. The molecule has 3 heteroatoms. The zero-order valence-electron chi connectivity index (χ0n) is 9.41. The van der Waals surface area contributed by atoms with Gasteiger partial charge in [-0.25, -0.2) is 0 Å². The molecule has 0 radical (unpaired) electrons. The van der Waals surface area contributed by atoms with Gasteiger partial charge >= 0.3 is 5.97 Å². The second-order valence-corrected chi connectivity index (χ2v) is 3.99. The highest BCUT2D eigenvalue weighted by molar-refractivity contribution is 6.05. The predicted molar refractivity (Wildman–Crippen MR) is 57.4 cm³/mol. The lowest BCUT2D eigenvalue weighted by Gasteiger charge is -2.23. The van der Waals surface area contributed by atoms with Crippen LogP contribution in [0.5, 0.6) is 0 Å². The Balaban J connectivity index is 2.88. The molecule has 0 aromatic carbocycles. The van der Waals surface area contributed by atoms with E-state index in [0.717, 1.165) is 19.3 Å². The Morgan fingerprint density at radius 2 is 2.27 bits per heavy atom. The summed E-state index contributed by atoms with van der Waals surface area (Å²) in [4.78, 5) is 23.6. The third kappa shape index (κ3) is 2.67. The van der Waals surface area contributed by atoms with E-state index in [4.69, 9.17) is 4.74 Å². The van der Waals surface area contributed by atoms with Gasteiger partial charge < -0.3 is 4.74 Å². The van der Waals surface area contributed by atoms with Gasteiger partial charge in [0.1, 0.15) is 5.41 Å². The van der Waals surface area contributed by atoms with E-state index in [1.54, 1.807) is 19.9 Å². The molecule has 0 N–H and O–H groups in total. The van der Waals surface area contributed by atoms with Gasteiger partial charge in [0.2, 0.25) is 0 Å². The molecule has 1 unspecified atom stereocenters. The first-order valence-electron chi connectivity index (χ1n) is 5.49. The van der Waals surface area contributed by atoms with Crippen LogP contribution in [0.4, 0.5) is 0 Å². The quantitative estimate of drug-likeness (QED) is 0.399. The number of hydrogen-bond donors (Lipinski definition) is 0. The van der Waals surface area contributed by atoms with Gasteiger partial charge in [0.25, 0.3) is 0 Å². The van der Waals surface area contributed by atoms with Crippen molar-refractivity contribution < 1.29 is 14.3 Å². The summed E-state index contributed by atoms with van der Waals surface area (Å²) < 4.78 is 4.94. The lowest BCUT2D eigenvalue weighted by molar-refractivity contribution is -0.155.